The van der Waals surface area contributed by atoms with Crippen molar-refractivity contribution in [2.24, 2.45) is 5.92 Å². The van der Waals surface area contributed by atoms with Crippen molar-refractivity contribution in [1.82, 2.24) is 15.5 Å². The van der Waals surface area contributed by atoms with Gasteiger partial charge in [-0.3, -0.25) is 4.79 Å². The van der Waals surface area contributed by atoms with Crippen molar-refractivity contribution in [3.8, 4) is 0 Å². The molecule has 1 aromatic carbocycles. The molecule has 2 rings (SSSR count). The van der Waals surface area contributed by atoms with Gasteiger partial charge in [0.2, 0.25) is 5.91 Å². The van der Waals surface area contributed by atoms with Gasteiger partial charge in [-0.25, -0.2) is 4.79 Å². The zero-order valence-corrected chi connectivity index (χ0v) is 16.2. The van der Waals surface area contributed by atoms with Crippen molar-refractivity contribution >= 4 is 11.9 Å². The molecular weight excluding hydrogens is 326 g/mol. The van der Waals surface area contributed by atoms with E-state index in [1.807, 2.05) is 24.0 Å². The summed E-state index contributed by atoms with van der Waals surface area (Å²) in [6.07, 6.45) is 6.05. The molecule has 0 saturated carbocycles. The number of urea groups is 1. The molecular formula is C21H33N3O2. The van der Waals surface area contributed by atoms with Crippen LogP contribution in [0.1, 0.15) is 50.2 Å². The van der Waals surface area contributed by atoms with E-state index in [1.54, 1.807) is 0 Å². The summed E-state index contributed by atoms with van der Waals surface area (Å²) in [5, 5.41) is 5.60. The molecule has 5 nitrogen and oxygen atoms in total. The highest BCUT2D eigenvalue weighted by atomic mass is 16.2. The first-order chi connectivity index (χ1) is 12.6. The molecule has 1 saturated heterocycles. The summed E-state index contributed by atoms with van der Waals surface area (Å²) in [4.78, 5) is 25.8. The van der Waals surface area contributed by atoms with Crippen LogP contribution in [-0.2, 0) is 11.2 Å². The Balaban J connectivity index is 1.59. The fraction of sp³-hybridized carbons (Fsp3) is 0.619. The number of hydrogen-bond donors (Lipinski definition) is 2. The number of nitrogens with one attached hydrogen (secondary N) is 2. The number of piperidine rings is 1. The molecule has 1 heterocycles. The Bertz CT molecular complexity index is 580. The standard InChI is InChI=1S/C21H33N3O2/c1-3-22-21(26)23-12-5-4-8-18-10-13-24(14-11-18)20(25)16-19-9-6-7-17(2)15-19/h6-7,9,15,18H,3-5,8,10-14,16H2,1-2H3,(H2,22,23,26). The Hall–Kier alpha value is -2.04. The maximum Gasteiger partial charge on any atom is 0.314 e. The largest absolute Gasteiger partial charge is 0.342 e. The number of hydrogen-bond acceptors (Lipinski definition) is 2. The first-order valence-corrected chi connectivity index (χ1v) is 9.93. The molecule has 0 bridgehead atoms. The van der Waals surface area contributed by atoms with E-state index < -0.39 is 0 Å². The van der Waals surface area contributed by atoms with Crippen molar-refractivity contribution < 1.29 is 9.59 Å². The summed E-state index contributed by atoms with van der Waals surface area (Å²) in [6.45, 7) is 7.13. The number of nitrogens with zero attached hydrogens (tertiary/aromatic N) is 1. The van der Waals surface area contributed by atoms with Crippen LogP contribution >= 0.6 is 0 Å². The predicted octanol–water partition coefficient (Wildman–Crippen LogP) is 3.27. The lowest BCUT2D eigenvalue weighted by atomic mass is 9.91. The first kappa shape index (κ1) is 20.3. The zero-order chi connectivity index (χ0) is 18.8. The third kappa shape index (κ3) is 7.06. The van der Waals surface area contributed by atoms with Gasteiger partial charge in [-0.2, -0.15) is 0 Å². The third-order valence-electron chi connectivity index (χ3n) is 5.07. The molecule has 0 aliphatic carbocycles. The van der Waals surface area contributed by atoms with E-state index in [4.69, 9.17) is 0 Å². The summed E-state index contributed by atoms with van der Waals surface area (Å²) in [5.74, 6) is 0.961. The van der Waals surface area contributed by atoms with E-state index in [2.05, 4.69) is 29.7 Å². The van der Waals surface area contributed by atoms with E-state index in [-0.39, 0.29) is 11.9 Å². The summed E-state index contributed by atoms with van der Waals surface area (Å²) in [5.41, 5.74) is 2.31. The minimum absolute atomic E-state index is 0.0760. The van der Waals surface area contributed by atoms with Crippen LogP contribution in [0.4, 0.5) is 4.79 Å². The van der Waals surface area contributed by atoms with Crippen LogP contribution in [0, 0.1) is 12.8 Å². The highest BCUT2D eigenvalue weighted by Crippen LogP contribution is 2.23. The topological polar surface area (TPSA) is 61.4 Å². The second kappa shape index (κ2) is 10.8. The number of carbonyl (C=O) groups is 2. The number of aryl methyl sites for hydroxylation is 1. The van der Waals surface area contributed by atoms with Gasteiger partial charge in [0.25, 0.3) is 0 Å². The van der Waals surface area contributed by atoms with Crippen molar-refractivity contribution in [2.75, 3.05) is 26.2 Å². The van der Waals surface area contributed by atoms with Gasteiger partial charge in [0, 0.05) is 26.2 Å². The third-order valence-corrected chi connectivity index (χ3v) is 5.07. The number of rotatable bonds is 8. The molecule has 26 heavy (non-hydrogen) atoms. The van der Waals surface area contributed by atoms with Gasteiger partial charge in [0.1, 0.15) is 0 Å². The van der Waals surface area contributed by atoms with Crippen LogP contribution in [0.2, 0.25) is 0 Å². The van der Waals surface area contributed by atoms with E-state index >= 15 is 0 Å². The van der Waals surface area contributed by atoms with Gasteiger partial charge in [0.05, 0.1) is 6.42 Å². The minimum Gasteiger partial charge on any atom is -0.342 e. The second-order valence-electron chi connectivity index (χ2n) is 7.27. The van der Waals surface area contributed by atoms with Crippen molar-refractivity contribution in [1.29, 1.82) is 0 Å². The molecule has 0 radical (unpaired) electrons. The van der Waals surface area contributed by atoms with Gasteiger partial charge in [0.15, 0.2) is 0 Å². The molecule has 1 aromatic rings. The quantitative estimate of drug-likeness (QED) is 0.700. The lowest BCUT2D eigenvalue weighted by molar-refractivity contribution is -0.131. The lowest BCUT2D eigenvalue weighted by Gasteiger charge is -2.32. The second-order valence-corrected chi connectivity index (χ2v) is 7.27. The summed E-state index contributed by atoms with van der Waals surface area (Å²) < 4.78 is 0. The fourth-order valence-corrected chi connectivity index (χ4v) is 3.56. The fourth-order valence-electron chi connectivity index (χ4n) is 3.56. The number of benzene rings is 1. The Morgan fingerprint density at radius 2 is 1.92 bits per heavy atom. The average Bonchev–Trinajstić information content (AvgIpc) is 2.62. The number of amides is 3. The Labute approximate surface area is 157 Å². The van der Waals surface area contributed by atoms with Gasteiger partial charge in [-0.1, -0.05) is 42.7 Å². The number of carbonyl (C=O) groups excluding carboxylic acids is 2. The highest BCUT2D eigenvalue weighted by molar-refractivity contribution is 5.78. The summed E-state index contributed by atoms with van der Waals surface area (Å²) in [7, 11) is 0. The molecule has 1 aliphatic rings. The number of unbranched alkanes of at least 4 members (excludes halogenated alkanes) is 1. The van der Waals surface area contributed by atoms with Gasteiger partial charge >= 0.3 is 6.03 Å². The Morgan fingerprint density at radius 3 is 2.62 bits per heavy atom. The van der Waals surface area contributed by atoms with Crippen LogP contribution in [0.5, 0.6) is 0 Å². The van der Waals surface area contributed by atoms with Crippen molar-refractivity contribution in [3.63, 3.8) is 0 Å². The zero-order valence-electron chi connectivity index (χ0n) is 16.2. The molecule has 0 spiro atoms. The summed E-state index contributed by atoms with van der Waals surface area (Å²) >= 11 is 0. The van der Waals surface area contributed by atoms with Crippen LogP contribution < -0.4 is 10.6 Å². The average molecular weight is 360 g/mol. The highest BCUT2D eigenvalue weighted by Gasteiger charge is 2.22. The van der Waals surface area contributed by atoms with E-state index in [0.29, 0.717) is 18.9 Å². The minimum atomic E-state index is -0.0760. The van der Waals surface area contributed by atoms with Crippen LogP contribution in [-0.4, -0.2) is 43.0 Å². The van der Waals surface area contributed by atoms with Crippen LogP contribution in [0.3, 0.4) is 0 Å². The first-order valence-electron chi connectivity index (χ1n) is 9.93. The Morgan fingerprint density at radius 1 is 1.15 bits per heavy atom. The van der Waals surface area contributed by atoms with Gasteiger partial charge in [-0.15, -0.1) is 0 Å². The maximum atomic E-state index is 12.5. The SMILES string of the molecule is CCNC(=O)NCCCCC1CCN(C(=O)Cc2cccc(C)c2)CC1. The predicted molar refractivity (Wildman–Crippen MR) is 105 cm³/mol. The number of likely N-dealkylation sites (tertiary alicyclic amines) is 1. The van der Waals surface area contributed by atoms with E-state index in [1.165, 1.54) is 12.0 Å². The Kier molecular flexibility index (Phi) is 8.45. The molecule has 144 valence electrons. The molecule has 2 N–H and O–H groups in total. The molecule has 1 aliphatic heterocycles. The monoisotopic (exact) mass is 359 g/mol. The molecule has 0 aromatic heterocycles. The molecule has 5 heteroatoms. The molecule has 0 unspecified atom stereocenters. The lowest BCUT2D eigenvalue weighted by Crippen LogP contribution is -2.39. The van der Waals surface area contributed by atoms with Crippen molar-refractivity contribution in [3.05, 3.63) is 35.4 Å². The van der Waals surface area contributed by atoms with Crippen LogP contribution in [0.25, 0.3) is 0 Å². The normalized spacial score (nSPS) is 14.9. The van der Waals surface area contributed by atoms with E-state index in [9.17, 15) is 9.59 Å². The van der Waals surface area contributed by atoms with E-state index in [0.717, 1.165) is 50.9 Å². The van der Waals surface area contributed by atoms with Gasteiger partial charge in [-0.05, 0) is 44.6 Å². The molecule has 3 amide bonds. The smallest absolute Gasteiger partial charge is 0.314 e. The van der Waals surface area contributed by atoms with Crippen LogP contribution in [0.15, 0.2) is 24.3 Å². The molecule has 0 atom stereocenters. The summed E-state index contributed by atoms with van der Waals surface area (Å²) in [6, 6.07) is 8.13. The molecule has 1 fully saturated rings. The maximum absolute atomic E-state index is 12.5. The van der Waals surface area contributed by atoms with Crippen molar-refractivity contribution in [2.45, 2.75) is 52.4 Å². The van der Waals surface area contributed by atoms with Gasteiger partial charge < -0.3 is 15.5 Å².